The van der Waals surface area contributed by atoms with Crippen LogP contribution in [0.25, 0.3) is 11.0 Å². The van der Waals surface area contributed by atoms with Gasteiger partial charge in [0.25, 0.3) is 0 Å². The van der Waals surface area contributed by atoms with Gasteiger partial charge in [-0.05, 0) is 32.0 Å². The first-order chi connectivity index (χ1) is 9.06. The third-order valence-electron chi connectivity index (χ3n) is 3.06. The zero-order chi connectivity index (χ0) is 13.6. The summed E-state index contributed by atoms with van der Waals surface area (Å²) in [5.74, 6) is 0.484. The standard InChI is InChI=1S/C13H13ClN4S/c1-7-6-16-12(19-7)8(2)18-11-5-9(14)3-4-10(11)17-13(18)15/h3-6,8H,1-2H3,(H2,15,17). The molecule has 3 rings (SSSR count). The van der Waals surface area contributed by atoms with Crippen LogP contribution in [-0.2, 0) is 0 Å². The van der Waals surface area contributed by atoms with Crippen molar-refractivity contribution in [3.05, 3.63) is 39.3 Å². The van der Waals surface area contributed by atoms with E-state index >= 15 is 0 Å². The van der Waals surface area contributed by atoms with E-state index in [0.717, 1.165) is 16.0 Å². The van der Waals surface area contributed by atoms with Gasteiger partial charge in [0.2, 0.25) is 5.95 Å². The van der Waals surface area contributed by atoms with Crippen LogP contribution in [-0.4, -0.2) is 14.5 Å². The quantitative estimate of drug-likeness (QED) is 0.784. The predicted molar refractivity (Wildman–Crippen MR) is 79.8 cm³/mol. The number of nitrogens with zero attached hydrogens (tertiary/aromatic N) is 3. The molecule has 1 atom stereocenters. The number of thiazole rings is 1. The lowest BCUT2D eigenvalue weighted by molar-refractivity contribution is 0.662. The molecule has 1 aromatic carbocycles. The van der Waals surface area contributed by atoms with Crippen LogP contribution in [0.4, 0.5) is 5.95 Å². The Hall–Kier alpha value is -1.59. The summed E-state index contributed by atoms with van der Waals surface area (Å²) in [6, 6.07) is 5.63. The van der Waals surface area contributed by atoms with Gasteiger partial charge in [-0.15, -0.1) is 11.3 Å². The number of rotatable bonds is 2. The normalized spacial score (nSPS) is 13.0. The molecule has 0 fully saturated rings. The van der Waals surface area contributed by atoms with E-state index in [9.17, 15) is 0 Å². The van der Waals surface area contributed by atoms with Crippen molar-refractivity contribution < 1.29 is 0 Å². The van der Waals surface area contributed by atoms with Crippen LogP contribution in [0.1, 0.15) is 22.9 Å². The van der Waals surface area contributed by atoms with E-state index in [1.54, 1.807) is 11.3 Å². The molecule has 2 heterocycles. The molecule has 2 aromatic heterocycles. The fourth-order valence-corrected chi connectivity index (χ4v) is 3.15. The Kier molecular flexibility index (Phi) is 2.95. The molecule has 0 saturated carbocycles. The van der Waals surface area contributed by atoms with Crippen molar-refractivity contribution >= 4 is 39.9 Å². The SMILES string of the molecule is Cc1cnc(C(C)n2c(N)nc3ccc(Cl)cc32)s1. The van der Waals surface area contributed by atoms with Gasteiger partial charge in [-0.2, -0.15) is 0 Å². The van der Waals surface area contributed by atoms with Gasteiger partial charge < -0.3 is 10.3 Å². The molecule has 4 nitrogen and oxygen atoms in total. The van der Waals surface area contributed by atoms with Gasteiger partial charge in [-0.3, -0.25) is 0 Å². The van der Waals surface area contributed by atoms with Crippen LogP contribution in [0.2, 0.25) is 5.02 Å². The summed E-state index contributed by atoms with van der Waals surface area (Å²) in [5, 5.41) is 1.69. The summed E-state index contributed by atoms with van der Waals surface area (Å²) >= 11 is 7.73. The summed E-state index contributed by atoms with van der Waals surface area (Å²) < 4.78 is 1.97. The van der Waals surface area contributed by atoms with Crippen LogP contribution in [0.5, 0.6) is 0 Å². The first kappa shape index (κ1) is 12.4. The van der Waals surface area contributed by atoms with Crippen molar-refractivity contribution in [2.75, 3.05) is 5.73 Å². The van der Waals surface area contributed by atoms with Crippen LogP contribution in [0.15, 0.2) is 24.4 Å². The fourth-order valence-electron chi connectivity index (χ4n) is 2.17. The Labute approximate surface area is 119 Å². The maximum atomic E-state index is 6.06. The molecular formula is C13H13ClN4S. The number of aromatic nitrogens is 3. The van der Waals surface area contributed by atoms with Crippen LogP contribution < -0.4 is 5.73 Å². The lowest BCUT2D eigenvalue weighted by Crippen LogP contribution is -2.09. The molecular weight excluding hydrogens is 280 g/mol. The number of fused-ring (bicyclic) bond motifs is 1. The number of halogens is 1. The Morgan fingerprint density at radius 2 is 2.21 bits per heavy atom. The van der Waals surface area contributed by atoms with E-state index in [1.165, 1.54) is 4.88 Å². The minimum Gasteiger partial charge on any atom is -0.369 e. The molecule has 0 aliphatic heterocycles. The molecule has 19 heavy (non-hydrogen) atoms. The molecule has 98 valence electrons. The third-order valence-corrected chi connectivity index (χ3v) is 4.38. The average molecular weight is 293 g/mol. The number of anilines is 1. The molecule has 3 aromatic rings. The largest absolute Gasteiger partial charge is 0.369 e. The van der Waals surface area contributed by atoms with Crippen molar-refractivity contribution in [2.45, 2.75) is 19.9 Å². The number of imidazole rings is 1. The first-order valence-corrected chi connectivity index (χ1v) is 7.11. The topological polar surface area (TPSA) is 56.7 Å². The fraction of sp³-hybridized carbons (Fsp3) is 0.231. The molecule has 0 amide bonds. The first-order valence-electron chi connectivity index (χ1n) is 5.91. The van der Waals surface area contributed by atoms with Crippen molar-refractivity contribution in [1.82, 2.24) is 14.5 Å². The predicted octanol–water partition coefficient (Wildman–Crippen LogP) is 3.65. The molecule has 0 radical (unpaired) electrons. The summed E-state index contributed by atoms with van der Waals surface area (Å²) in [4.78, 5) is 9.97. The monoisotopic (exact) mass is 292 g/mol. The van der Waals surface area contributed by atoms with E-state index in [2.05, 4.69) is 16.9 Å². The van der Waals surface area contributed by atoms with E-state index in [-0.39, 0.29) is 6.04 Å². The van der Waals surface area contributed by atoms with Crippen molar-refractivity contribution in [3.8, 4) is 0 Å². The molecule has 0 aliphatic carbocycles. The summed E-state index contributed by atoms with van der Waals surface area (Å²) in [6.45, 7) is 4.11. The highest BCUT2D eigenvalue weighted by atomic mass is 35.5. The minimum absolute atomic E-state index is 0.0437. The highest BCUT2D eigenvalue weighted by molar-refractivity contribution is 7.11. The molecule has 0 aliphatic rings. The Bertz CT molecular complexity index is 746. The number of hydrogen-bond donors (Lipinski definition) is 1. The Morgan fingerprint density at radius 1 is 1.42 bits per heavy atom. The molecule has 1 unspecified atom stereocenters. The molecule has 0 saturated heterocycles. The summed E-state index contributed by atoms with van der Waals surface area (Å²) in [6.07, 6.45) is 1.87. The highest BCUT2D eigenvalue weighted by Gasteiger charge is 2.18. The van der Waals surface area contributed by atoms with E-state index in [4.69, 9.17) is 17.3 Å². The van der Waals surface area contributed by atoms with E-state index < -0.39 is 0 Å². The average Bonchev–Trinajstić information content (AvgIpc) is 2.91. The van der Waals surface area contributed by atoms with Gasteiger partial charge in [0.1, 0.15) is 5.01 Å². The van der Waals surface area contributed by atoms with Gasteiger partial charge >= 0.3 is 0 Å². The lowest BCUT2D eigenvalue weighted by atomic mass is 10.3. The Balaban J connectivity index is 2.18. The van der Waals surface area contributed by atoms with Crippen LogP contribution >= 0.6 is 22.9 Å². The molecule has 0 spiro atoms. The number of nitrogens with two attached hydrogens (primary N) is 1. The second-order valence-corrected chi connectivity index (χ2v) is 6.16. The number of aryl methyl sites for hydroxylation is 1. The molecule has 6 heteroatoms. The van der Waals surface area contributed by atoms with Crippen molar-refractivity contribution in [3.63, 3.8) is 0 Å². The van der Waals surface area contributed by atoms with Gasteiger partial charge in [-0.1, -0.05) is 11.6 Å². The molecule has 2 N–H and O–H groups in total. The van der Waals surface area contributed by atoms with Gasteiger partial charge in [-0.25, -0.2) is 9.97 Å². The summed E-state index contributed by atoms with van der Waals surface area (Å²) in [5.41, 5.74) is 7.82. The third kappa shape index (κ3) is 2.09. The number of benzene rings is 1. The number of hydrogen-bond acceptors (Lipinski definition) is 4. The van der Waals surface area contributed by atoms with Gasteiger partial charge in [0, 0.05) is 16.1 Å². The Morgan fingerprint density at radius 3 is 2.89 bits per heavy atom. The second kappa shape index (κ2) is 4.51. The van der Waals surface area contributed by atoms with Crippen molar-refractivity contribution in [1.29, 1.82) is 0 Å². The van der Waals surface area contributed by atoms with E-state index in [1.807, 2.05) is 35.9 Å². The van der Waals surface area contributed by atoms with Crippen molar-refractivity contribution in [2.24, 2.45) is 0 Å². The lowest BCUT2D eigenvalue weighted by Gasteiger charge is -2.13. The smallest absolute Gasteiger partial charge is 0.201 e. The van der Waals surface area contributed by atoms with Gasteiger partial charge in [0.15, 0.2) is 0 Å². The number of nitrogen functional groups attached to an aromatic ring is 1. The highest BCUT2D eigenvalue weighted by Crippen LogP contribution is 2.30. The maximum Gasteiger partial charge on any atom is 0.201 e. The zero-order valence-electron chi connectivity index (χ0n) is 10.6. The van der Waals surface area contributed by atoms with E-state index in [0.29, 0.717) is 11.0 Å². The summed E-state index contributed by atoms with van der Waals surface area (Å²) in [7, 11) is 0. The molecule has 0 bridgehead atoms. The maximum absolute atomic E-state index is 6.06. The zero-order valence-corrected chi connectivity index (χ0v) is 12.2. The second-order valence-electron chi connectivity index (χ2n) is 4.46. The minimum atomic E-state index is 0.0437. The van der Waals surface area contributed by atoms with Crippen LogP contribution in [0, 0.1) is 6.92 Å². The van der Waals surface area contributed by atoms with Gasteiger partial charge in [0.05, 0.1) is 17.1 Å². The van der Waals surface area contributed by atoms with Crippen LogP contribution in [0.3, 0.4) is 0 Å².